The molecule has 132 valence electrons. The van der Waals surface area contributed by atoms with Crippen LogP contribution in [0.5, 0.6) is 0 Å². The van der Waals surface area contributed by atoms with Crippen molar-refractivity contribution in [3.63, 3.8) is 0 Å². The molecule has 2 fully saturated rings. The maximum Gasteiger partial charge on any atom is 0.254 e. The Bertz CT molecular complexity index is 588. The van der Waals surface area contributed by atoms with E-state index in [1.807, 2.05) is 16.7 Å². The van der Waals surface area contributed by atoms with Crippen LogP contribution in [-0.2, 0) is 4.74 Å². The molecule has 3 rings (SSSR count). The Kier molecular flexibility index (Phi) is 5.36. The monoisotopic (exact) mass is 335 g/mol. The first-order valence-electron chi connectivity index (χ1n) is 8.76. The van der Waals surface area contributed by atoms with E-state index >= 15 is 0 Å². The molecule has 1 aromatic rings. The molecule has 6 heteroatoms. The number of ether oxygens (including phenoxy) is 1. The van der Waals surface area contributed by atoms with Crippen molar-refractivity contribution in [1.29, 1.82) is 0 Å². The van der Waals surface area contributed by atoms with E-state index < -0.39 is 0 Å². The van der Waals surface area contributed by atoms with Gasteiger partial charge < -0.3 is 20.3 Å². The van der Waals surface area contributed by atoms with Crippen LogP contribution < -0.4 is 10.6 Å². The molecular formula is C18H26FN3O2. The van der Waals surface area contributed by atoms with Crippen molar-refractivity contribution in [2.75, 3.05) is 37.7 Å². The lowest BCUT2D eigenvalue weighted by atomic mass is 9.96. The summed E-state index contributed by atoms with van der Waals surface area (Å²) >= 11 is 0. The number of nitrogens with two attached hydrogens (primary N) is 1. The number of piperidine rings is 1. The van der Waals surface area contributed by atoms with Crippen LogP contribution in [0.3, 0.4) is 0 Å². The lowest BCUT2D eigenvalue weighted by molar-refractivity contribution is 0.0583. The second kappa shape index (κ2) is 7.49. The second-order valence-corrected chi connectivity index (χ2v) is 6.69. The third-order valence-corrected chi connectivity index (χ3v) is 4.96. The molecule has 0 aromatic heterocycles. The van der Waals surface area contributed by atoms with Crippen molar-refractivity contribution in [1.82, 2.24) is 4.90 Å². The van der Waals surface area contributed by atoms with E-state index in [-0.39, 0.29) is 23.8 Å². The quantitative estimate of drug-likeness (QED) is 0.918. The summed E-state index contributed by atoms with van der Waals surface area (Å²) in [5.74, 6) is -0.471. The van der Waals surface area contributed by atoms with Gasteiger partial charge in [0, 0.05) is 37.3 Å². The zero-order valence-corrected chi connectivity index (χ0v) is 14.2. The first kappa shape index (κ1) is 17.2. The second-order valence-electron chi connectivity index (χ2n) is 6.69. The van der Waals surface area contributed by atoms with Crippen molar-refractivity contribution in [2.24, 2.45) is 5.73 Å². The van der Waals surface area contributed by atoms with Gasteiger partial charge in [0.2, 0.25) is 0 Å². The van der Waals surface area contributed by atoms with Crippen LogP contribution in [0.15, 0.2) is 18.2 Å². The largest absolute Gasteiger partial charge is 0.378 e. The lowest BCUT2D eigenvalue weighted by Gasteiger charge is -2.38. The van der Waals surface area contributed by atoms with Gasteiger partial charge in [-0.2, -0.15) is 0 Å². The standard InChI is InChI=1S/C18H26FN3O2/c1-13(20)16-4-2-3-7-22(16)18(23)14-5-6-17(15(19)12-14)21-8-10-24-11-9-21/h5-6,12-13,16H,2-4,7-11,20H2,1H3/t13-,16+/m1/s1. The van der Waals surface area contributed by atoms with Crippen LogP contribution in [0.2, 0.25) is 0 Å². The molecule has 2 aliphatic rings. The molecule has 5 nitrogen and oxygen atoms in total. The number of carbonyl (C=O) groups is 1. The number of anilines is 1. The normalized spacial score (nSPS) is 23.2. The van der Waals surface area contributed by atoms with Crippen LogP contribution >= 0.6 is 0 Å². The van der Waals surface area contributed by atoms with E-state index in [0.29, 0.717) is 44.1 Å². The minimum atomic E-state index is -0.350. The van der Waals surface area contributed by atoms with Gasteiger partial charge in [-0.1, -0.05) is 0 Å². The highest BCUT2D eigenvalue weighted by atomic mass is 19.1. The summed E-state index contributed by atoms with van der Waals surface area (Å²) < 4.78 is 19.8. The van der Waals surface area contributed by atoms with E-state index in [1.54, 1.807) is 12.1 Å². The smallest absolute Gasteiger partial charge is 0.254 e. The molecular weight excluding hydrogens is 309 g/mol. The summed E-state index contributed by atoms with van der Waals surface area (Å²) in [5.41, 5.74) is 6.98. The van der Waals surface area contributed by atoms with Crippen molar-refractivity contribution in [2.45, 2.75) is 38.3 Å². The molecule has 2 aliphatic heterocycles. The van der Waals surface area contributed by atoms with Gasteiger partial charge in [-0.3, -0.25) is 4.79 Å². The van der Waals surface area contributed by atoms with E-state index in [4.69, 9.17) is 10.5 Å². The Labute approximate surface area is 142 Å². The zero-order valence-electron chi connectivity index (χ0n) is 14.2. The van der Waals surface area contributed by atoms with E-state index in [1.165, 1.54) is 6.07 Å². The molecule has 0 radical (unpaired) electrons. The SMILES string of the molecule is C[C@@H](N)[C@@H]1CCCCN1C(=O)c1ccc(N2CCOCC2)c(F)c1. The Balaban J connectivity index is 1.78. The number of rotatable bonds is 3. The number of nitrogens with zero attached hydrogens (tertiary/aromatic N) is 2. The van der Waals surface area contributed by atoms with Crippen LogP contribution in [-0.4, -0.2) is 55.7 Å². The van der Waals surface area contributed by atoms with Crippen LogP contribution in [0.25, 0.3) is 0 Å². The number of carbonyl (C=O) groups excluding carboxylic acids is 1. The molecule has 1 amide bonds. The van der Waals surface area contributed by atoms with Gasteiger partial charge in [-0.25, -0.2) is 4.39 Å². The minimum Gasteiger partial charge on any atom is -0.378 e. The van der Waals surface area contributed by atoms with Crippen LogP contribution in [0.4, 0.5) is 10.1 Å². The molecule has 0 bridgehead atoms. The number of benzene rings is 1. The Morgan fingerprint density at radius 1 is 1.29 bits per heavy atom. The summed E-state index contributed by atoms with van der Waals surface area (Å²) in [6, 6.07) is 4.75. The summed E-state index contributed by atoms with van der Waals surface area (Å²) in [6.07, 6.45) is 2.97. The average molecular weight is 335 g/mol. The van der Waals surface area contributed by atoms with Gasteiger partial charge >= 0.3 is 0 Å². The van der Waals surface area contributed by atoms with Crippen molar-refractivity contribution < 1.29 is 13.9 Å². The van der Waals surface area contributed by atoms with Gasteiger partial charge in [0.15, 0.2) is 0 Å². The van der Waals surface area contributed by atoms with Crippen LogP contribution in [0, 0.1) is 5.82 Å². The molecule has 0 unspecified atom stereocenters. The number of amides is 1. The first-order valence-corrected chi connectivity index (χ1v) is 8.76. The predicted molar refractivity (Wildman–Crippen MR) is 91.8 cm³/mol. The number of halogens is 1. The number of hydrogen-bond acceptors (Lipinski definition) is 4. The minimum absolute atomic E-state index is 0.0354. The Hall–Kier alpha value is -1.66. The van der Waals surface area contributed by atoms with Crippen LogP contribution in [0.1, 0.15) is 36.5 Å². The topological polar surface area (TPSA) is 58.8 Å². The summed E-state index contributed by atoms with van der Waals surface area (Å²) in [7, 11) is 0. The molecule has 0 spiro atoms. The molecule has 2 saturated heterocycles. The lowest BCUT2D eigenvalue weighted by Crippen LogP contribution is -2.51. The van der Waals surface area contributed by atoms with Crippen molar-refractivity contribution in [3.05, 3.63) is 29.6 Å². The van der Waals surface area contributed by atoms with Gasteiger partial charge in [0.05, 0.1) is 18.9 Å². The number of hydrogen-bond donors (Lipinski definition) is 1. The molecule has 0 saturated carbocycles. The molecule has 2 heterocycles. The zero-order chi connectivity index (χ0) is 17.1. The summed E-state index contributed by atoms with van der Waals surface area (Å²) in [5, 5.41) is 0. The van der Waals surface area contributed by atoms with Gasteiger partial charge in [0.1, 0.15) is 5.82 Å². The van der Waals surface area contributed by atoms with E-state index in [9.17, 15) is 9.18 Å². The average Bonchev–Trinajstić information content (AvgIpc) is 2.61. The molecule has 0 aliphatic carbocycles. The van der Waals surface area contributed by atoms with E-state index in [2.05, 4.69) is 0 Å². The van der Waals surface area contributed by atoms with Crippen molar-refractivity contribution in [3.8, 4) is 0 Å². The predicted octanol–water partition coefficient (Wildman–Crippen LogP) is 2.00. The number of morpholine rings is 1. The fourth-order valence-corrected chi connectivity index (χ4v) is 3.62. The third kappa shape index (κ3) is 3.54. The van der Waals surface area contributed by atoms with E-state index in [0.717, 1.165) is 19.3 Å². The van der Waals surface area contributed by atoms with Crippen molar-refractivity contribution >= 4 is 11.6 Å². The highest BCUT2D eigenvalue weighted by Crippen LogP contribution is 2.25. The Morgan fingerprint density at radius 3 is 2.71 bits per heavy atom. The molecule has 2 N–H and O–H groups in total. The molecule has 24 heavy (non-hydrogen) atoms. The maximum atomic E-state index is 14.5. The first-order chi connectivity index (χ1) is 11.6. The maximum absolute atomic E-state index is 14.5. The Morgan fingerprint density at radius 2 is 2.04 bits per heavy atom. The number of likely N-dealkylation sites (tertiary alicyclic amines) is 1. The highest BCUT2D eigenvalue weighted by molar-refractivity contribution is 5.95. The van der Waals surface area contributed by atoms with Gasteiger partial charge in [-0.15, -0.1) is 0 Å². The summed E-state index contributed by atoms with van der Waals surface area (Å²) in [4.78, 5) is 16.6. The fourth-order valence-electron chi connectivity index (χ4n) is 3.62. The third-order valence-electron chi connectivity index (χ3n) is 4.96. The van der Waals surface area contributed by atoms with Gasteiger partial charge in [-0.05, 0) is 44.4 Å². The molecule has 1 aromatic carbocycles. The highest BCUT2D eigenvalue weighted by Gasteiger charge is 2.30. The summed E-state index contributed by atoms with van der Waals surface area (Å²) in [6.45, 7) is 5.16. The fraction of sp³-hybridized carbons (Fsp3) is 0.611. The molecule has 2 atom stereocenters. The van der Waals surface area contributed by atoms with Gasteiger partial charge in [0.25, 0.3) is 5.91 Å².